The van der Waals surface area contributed by atoms with Crippen LogP contribution in [-0.2, 0) is 4.74 Å². The molecule has 0 aromatic heterocycles. The van der Waals surface area contributed by atoms with E-state index in [4.69, 9.17) is 21.3 Å². The van der Waals surface area contributed by atoms with Crippen molar-refractivity contribution >= 4 is 23.1 Å². The summed E-state index contributed by atoms with van der Waals surface area (Å²) in [7, 11) is 0. The van der Waals surface area contributed by atoms with Crippen molar-refractivity contribution in [3.63, 3.8) is 0 Å². The van der Waals surface area contributed by atoms with E-state index in [-0.39, 0.29) is 0 Å². The van der Waals surface area contributed by atoms with Crippen molar-refractivity contribution in [1.29, 1.82) is 0 Å². The van der Waals surface area contributed by atoms with Gasteiger partial charge < -0.3 is 14.5 Å². The molecule has 0 amide bonds. The van der Waals surface area contributed by atoms with Crippen LogP contribution in [0.4, 0.5) is 5.69 Å². The highest BCUT2D eigenvalue weighted by molar-refractivity contribution is 6.30. The molecule has 1 aromatic rings. The summed E-state index contributed by atoms with van der Waals surface area (Å²) in [6, 6.07) is 6.03. The predicted molar refractivity (Wildman–Crippen MR) is 95.5 cm³/mol. The smallest absolute Gasteiger partial charge is 0.181 e. The molecule has 1 fully saturated rings. The maximum absolute atomic E-state index is 6.13. The van der Waals surface area contributed by atoms with E-state index in [1.807, 2.05) is 19.1 Å². The Balaban J connectivity index is 1.70. The number of halogens is 1. The third kappa shape index (κ3) is 3.47. The Kier molecular flexibility index (Phi) is 4.81. The molecule has 3 rings (SSSR count). The van der Waals surface area contributed by atoms with Gasteiger partial charge in [0.2, 0.25) is 0 Å². The summed E-state index contributed by atoms with van der Waals surface area (Å²) in [5.74, 6) is 2.43. The van der Waals surface area contributed by atoms with E-state index in [1.54, 1.807) is 0 Å². The molecule has 4 nitrogen and oxygen atoms in total. The fourth-order valence-electron chi connectivity index (χ4n) is 3.27. The van der Waals surface area contributed by atoms with Crippen LogP contribution in [-0.4, -0.2) is 48.4 Å². The summed E-state index contributed by atoms with van der Waals surface area (Å²) in [5, 5.41) is 0.749. The Morgan fingerprint density at radius 2 is 2.09 bits per heavy atom. The van der Waals surface area contributed by atoms with Crippen molar-refractivity contribution < 1.29 is 4.74 Å². The van der Waals surface area contributed by atoms with Crippen LogP contribution >= 0.6 is 11.6 Å². The van der Waals surface area contributed by atoms with Crippen LogP contribution in [0.2, 0.25) is 5.02 Å². The number of piperazine rings is 1. The van der Waals surface area contributed by atoms with Gasteiger partial charge in [-0.1, -0.05) is 24.6 Å². The van der Waals surface area contributed by atoms with Gasteiger partial charge in [-0.25, -0.2) is 4.99 Å². The third-order valence-electron chi connectivity index (χ3n) is 4.57. The lowest BCUT2D eigenvalue weighted by Gasteiger charge is -2.39. The lowest BCUT2D eigenvalue weighted by Crippen LogP contribution is -2.48. The molecular formula is C18H24ClN3O. The molecule has 0 aliphatic carbocycles. The standard InChI is InChI=1S/C18H24ClN3O/c1-4-23-14(3)21-7-9-22(10-8-21)18-11-13(2)16-6-5-15(19)12-17(16)20-18/h5-6,12-13H,3-4,7-11H2,1-2H3. The van der Waals surface area contributed by atoms with E-state index in [0.717, 1.165) is 49.2 Å². The first kappa shape index (κ1) is 16.2. The Morgan fingerprint density at radius 1 is 1.35 bits per heavy atom. The molecule has 0 radical (unpaired) electrons. The number of hydrogen-bond acceptors (Lipinski definition) is 4. The monoisotopic (exact) mass is 333 g/mol. The van der Waals surface area contributed by atoms with E-state index in [9.17, 15) is 0 Å². The first-order valence-electron chi connectivity index (χ1n) is 8.27. The van der Waals surface area contributed by atoms with Crippen molar-refractivity contribution in [3.8, 4) is 0 Å². The number of aliphatic imine (C=N–C) groups is 1. The number of fused-ring (bicyclic) bond motifs is 1. The van der Waals surface area contributed by atoms with Crippen molar-refractivity contribution in [2.24, 2.45) is 4.99 Å². The number of ether oxygens (including phenoxy) is 1. The average molecular weight is 334 g/mol. The van der Waals surface area contributed by atoms with Gasteiger partial charge in [0.15, 0.2) is 5.88 Å². The summed E-state index contributed by atoms with van der Waals surface area (Å²) in [6.45, 7) is 12.7. The van der Waals surface area contributed by atoms with Gasteiger partial charge in [0, 0.05) is 37.6 Å². The highest BCUT2D eigenvalue weighted by Crippen LogP contribution is 2.36. The SMILES string of the molecule is C=C(OCC)N1CCN(C2=Nc3cc(Cl)ccc3C(C)C2)CC1. The van der Waals surface area contributed by atoms with Gasteiger partial charge in [-0.3, -0.25) is 0 Å². The van der Waals surface area contributed by atoms with Gasteiger partial charge in [-0.05, 0) is 37.1 Å². The summed E-state index contributed by atoms with van der Waals surface area (Å²) in [5.41, 5.74) is 2.31. The minimum Gasteiger partial charge on any atom is -0.480 e. The maximum atomic E-state index is 6.13. The van der Waals surface area contributed by atoms with Crippen molar-refractivity contribution in [3.05, 3.63) is 41.2 Å². The van der Waals surface area contributed by atoms with Gasteiger partial charge in [0.1, 0.15) is 5.84 Å². The number of rotatable bonds is 3. The number of benzene rings is 1. The highest BCUT2D eigenvalue weighted by Gasteiger charge is 2.26. The van der Waals surface area contributed by atoms with Crippen molar-refractivity contribution in [1.82, 2.24) is 9.80 Å². The fourth-order valence-corrected chi connectivity index (χ4v) is 3.44. The average Bonchev–Trinajstić information content (AvgIpc) is 2.54. The van der Waals surface area contributed by atoms with Crippen LogP contribution in [0.3, 0.4) is 0 Å². The molecule has 1 saturated heterocycles. The molecule has 2 aliphatic rings. The van der Waals surface area contributed by atoms with E-state index in [0.29, 0.717) is 12.5 Å². The van der Waals surface area contributed by atoms with E-state index in [1.165, 1.54) is 11.4 Å². The van der Waals surface area contributed by atoms with Crippen LogP contribution in [0.15, 0.2) is 35.7 Å². The minimum absolute atomic E-state index is 0.478. The maximum Gasteiger partial charge on any atom is 0.181 e. The topological polar surface area (TPSA) is 28.1 Å². The molecule has 23 heavy (non-hydrogen) atoms. The van der Waals surface area contributed by atoms with Gasteiger partial charge in [-0.2, -0.15) is 0 Å². The molecule has 124 valence electrons. The molecule has 5 heteroatoms. The summed E-state index contributed by atoms with van der Waals surface area (Å²) in [6.07, 6.45) is 0.987. The third-order valence-corrected chi connectivity index (χ3v) is 4.81. The van der Waals surface area contributed by atoms with E-state index < -0.39 is 0 Å². The largest absolute Gasteiger partial charge is 0.480 e. The van der Waals surface area contributed by atoms with Crippen LogP contribution in [0, 0.1) is 0 Å². The van der Waals surface area contributed by atoms with Crippen LogP contribution in [0.5, 0.6) is 0 Å². The summed E-state index contributed by atoms with van der Waals surface area (Å²) >= 11 is 6.13. The quantitative estimate of drug-likeness (QED) is 0.782. The molecule has 0 bridgehead atoms. The zero-order valence-electron chi connectivity index (χ0n) is 13.9. The van der Waals surface area contributed by atoms with E-state index >= 15 is 0 Å². The van der Waals surface area contributed by atoms with Gasteiger partial charge >= 0.3 is 0 Å². The van der Waals surface area contributed by atoms with Crippen LogP contribution in [0.25, 0.3) is 0 Å². The van der Waals surface area contributed by atoms with Crippen LogP contribution < -0.4 is 0 Å². The molecule has 1 atom stereocenters. The fraction of sp³-hybridized carbons (Fsp3) is 0.500. The van der Waals surface area contributed by atoms with Crippen molar-refractivity contribution in [2.45, 2.75) is 26.2 Å². The minimum atomic E-state index is 0.478. The Labute approximate surface area is 143 Å². The first-order valence-corrected chi connectivity index (χ1v) is 8.65. The normalized spacial score (nSPS) is 20.8. The van der Waals surface area contributed by atoms with Crippen LogP contribution in [0.1, 0.15) is 31.7 Å². The zero-order chi connectivity index (χ0) is 16.4. The second-order valence-electron chi connectivity index (χ2n) is 6.14. The second kappa shape index (κ2) is 6.83. The Hall–Kier alpha value is -1.68. The molecule has 0 saturated carbocycles. The lowest BCUT2D eigenvalue weighted by atomic mass is 9.92. The molecule has 1 aromatic carbocycles. The molecule has 1 unspecified atom stereocenters. The van der Waals surface area contributed by atoms with Gasteiger partial charge in [0.05, 0.1) is 12.3 Å². The Bertz CT molecular complexity index is 621. The molecular weight excluding hydrogens is 310 g/mol. The lowest BCUT2D eigenvalue weighted by molar-refractivity contribution is 0.0951. The molecule has 2 heterocycles. The Morgan fingerprint density at radius 3 is 2.78 bits per heavy atom. The number of nitrogens with zero attached hydrogens (tertiary/aromatic N) is 3. The predicted octanol–water partition coefficient (Wildman–Crippen LogP) is 4.00. The molecule has 0 N–H and O–H groups in total. The first-order chi connectivity index (χ1) is 11.1. The number of amidine groups is 1. The number of hydrogen-bond donors (Lipinski definition) is 0. The van der Waals surface area contributed by atoms with E-state index in [2.05, 4.69) is 29.4 Å². The summed E-state index contributed by atoms with van der Waals surface area (Å²) < 4.78 is 5.51. The molecule has 2 aliphatic heterocycles. The van der Waals surface area contributed by atoms with Crippen molar-refractivity contribution in [2.75, 3.05) is 32.8 Å². The zero-order valence-corrected chi connectivity index (χ0v) is 14.6. The second-order valence-corrected chi connectivity index (χ2v) is 6.57. The van der Waals surface area contributed by atoms with Gasteiger partial charge in [0.25, 0.3) is 0 Å². The highest BCUT2D eigenvalue weighted by atomic mass is 35.5. The summed E-state index contributed by atoms with van der Waals surface area (Å²) in [4.78, 5) is 9.46. The molecule has 0 spiro atoms. The van der Waals surface area contributed by atoms with Gasteiger partial charge in [-0.15, -0.1) is 0 Å².